The molecule has 2 atom stereocenters. The molecule has 44 heavy (non-hydrogen) atoms. The molecular weight excluding hydrogens is 581 g/mol. The number of phosphoric ester groups is 1. The van der Waals surface area contributed by atoms with E-state index in [1.165, 1.54) is 70.6 Å². The van der Waals surface area contributed by atoms with Gasteiger partial charge in [0.25, 0.3) is 0 Å². The molecule has 0 aliphatic carbocycles. The molecule has 260 valence electrons. The van der Waals surface area contributed by atoms with Crippen LogP contribution in [0.2, 0.25) is 0 Å². The standard InChI is InChI=1S/C34H66NO8P/c1-3-5-7-9-11-13-14-15-16-17-19-20-22-24-26-33(36)40-30-32(31-42-44(38,39)41-29-28-35)43-34(37)27-25-23-21-18-12-10-8-6-4-2/h14-15,32H,3-13,16-31,35H2,1-2H3,(H,38,39)/b15-14-/t32-/m1/s1. The molecule has 0 spiro atoms. The predicted molar refractivity (Wildman–Crippen MR) is 178 cm³/mol. The second-order valence-corrected chi connectivity index (χ2v) is 13.2. The highest BCUT2D eigenvalue weighted by molar-refractivity contribution is 7.47. The Bertz CT molecular complexity index is 749. The van der Waals surface area contributed by atoms with Crippen LogP contribution in [0.4, 0.5) is 0 Å². The van der Waals surface area contributed by atoms with Gasteiger partial charge in [-0.1, -0.05) is 122 Å². The molecule has 0 aliphatic heterocycles. The zero-order chi connectivity index (χ0) is 32.6. The third-order valence-electron chi connectivity index (χ3n) is 7.40. The number of rotatable bonds is 33. The van der Waals surface area contributed by atoms with Gasteiger partial charge in [-0.05, 0) is 38.5 Å². The Morgan fingerprint density at radius 2 is 1.11 bits per heavy atom. The molecule has 0 aromatic rings. The molecule has 3 N–H and O–H groups in total. The van der Waals surface area contributed by atoms with Crippen LogP contribution in [0.5, 0.6) is 0 Å². The van der Waals surface area contributed by atoms with Gasteiger partial charge in [0.05, 0.1) is 13.2 Å². The molecule has 0 aromatic heterocycles. The van der Waals surface area contributed by atoms with Gasteiger partial charge in [-0.3, -0.25) is 18.6 Å². The van der Waals surface area contributed by atoms with Crippen molar-refractivity contribution in [3.8, 4) is 0 Å². The molecule has 0 amide bonds. The van der Waals surface area contributed by atoms with E-state index in [-0.39, 0.29) is 32.6 Å². The SMILES string of the molecule is CCCCCCC/C=C\CCCCCCCC(=O)OC[C@H](COP(=O)(O)OCCN)OC(=O)CCCCCCCCCCC. The van der Waals surface area contributed by atoms with Crippen LogP contribution in [-0.2, 0) is 32.7 Å². The van der Waals surface area contributed by atoms with Gasteiger partial charge in [-0.25, -0.2) is 4.57 Å². The number of carbonyl (C=O) groups is 2. The summed E-state index contributed by atoms with van der Waals surface area (Å²) in [6, 6.07) is 0. The van der Waals surface area contributed by atoms with Gasteiger partial charge in [0.1, 0.15) is 6.61 Å². The van der Waals surface area contributed by atoms with E-state index in [2.05, 4.69) is 26.0 Å². The van der Waals surface area contributed by atoms with E-state index in [4.69, 9.17) is 24.3 Å². The Kier molecular flexibility index (Phi) is 30.8. The second kappa shape index (κ2) is 31.7. The lowest BCUT2D eigenvalue weighted by Crippen LogP contribution is -2.29. The third kappa shape index (κ3) is 30.8. The van der Waals surface area contributed by atoms with Crippen molar-refractivity contribution in [2.24, 2.45) is 5.73 Å². The molecule has 0 heterocycles. The smallest absolute Gasteiger partial charge is 0.462 e. The van der Waals surface area contributed by atoms with Crippen molar-refractivity contribution in [1.82, 2.24) is 0 Å². The molecule has 1 unspecified atom stereocenters. The van der Waals surface area contributed by atoms with Crippen LogP contribution in [-0.4, -0.2) is 49.3 Å². The van der Waals surface area contributed by atoms with Gasteiger partial charge in [0, 0.05) is 19.4 Å². The van der Waals surface area contributed by atoms with Gasteiger partial charge in [0.15, 0.2) is 6.10 Å². The van der Waals surface area contributed by atoms with E-state index in [0.717, 1.165) is 57.8 Å². The Morgan fingerprint density at radius 1 is 0.659 bits per heavy atom. The Hall–Kier alpha value is -1.25. The Balaban J connectivity index is 4.24. The van der Waals surface area contributed by atoms with Crippen LogP contribution in [0.1, 0.15) is 162 Å². The van der Waals surface area contributed by atoms with Crippen LogP contribution in [0.15, 0.2) is 12.2 Å². The van der Waals surface area contributed by atoms with E-state index in [1.807, 2.05) is 0 Å². The molecule has 0 rings (SSSR count). The summed E-state index contributed by atoms with van der Waals surface area (Å²) in [5.74, 6) is -0.839. The average Bonchev–Trinajstić information content (AvgIpc) is 3.00. The quantitative estimate of drug-likeness (QED) is 0.0309. The number of nitrogens with two attached hydrogens (primary N) is 1. The highest BCUT2D eigenvalue weighted by Gasteiger charge is 2.25. The maximum Gasteiger partial charge on any atom is 0.472 e. The molecule has 0 aliphatic rings. The fourth-order valence-electron chi connectivity index (χ4n) is 4.74. The number of ether oxygens (including phenoxy) is 2. The number of hydrogen-bond acceptors (Lipinski definition) is 8. The summed E-state index contributed by atoms with van der Waals surface area (Å²) in [6.45, 7) is 3.67. The summed E-state index contributed by atoms with van der Waals surface area (Å²) in [5.41, 5.74) is 5.31. The van der Waals surface area contributed by atoms with E-state index in [1.54, 1.807) is 0 Å². The lowest BCUT2D eigenvalue weighted by molar-refractivity contribution is -0.161. The van der Waals surface area contributed by atoms with Crippen LogP contribution in [0.3, 0.4) is 0 Å². The van der Waals surface area contributed by atoms with Crippen LogP contribution >= 0.6 is 7.82 Å². The largest absolute Gasteiger partial charge is 0.472 e. The zero-order valence-electron chi connectivity index (χ0n) is 28.2. The van der Waals surface area contributed by atoms with Crippen LogP contribution in [0.25, 0.3) is 0 Å². The van der Waals surface area contributed by atoms with Crippen LogP contribution < -0.4 is 5.73 Å². The first-order valence-corrected chi connectivity index (χ1v) is 19.2. The van der Waals surface area contributed by atoms with Gasteiger partial charge in [0.2, 0.25) is 0 Å². The second-order valence-electron chi connectivity index (χ2n) is 11.7. The Morgan fingerprint density at radius 3 is 1.61 bits per heavy atom. The monoisotopic (exact) mass is 647 g/mol. The molecule has 0 saturated carbocycles. The summed E-state index contributed by atoms with van der Waals surface area (Å²) in [6.07, 6.45) is 28.2. The van der Waals surface area contributed by atoms with Crippen molar-refractivity contribution in [3.63, 3.8) is 0 Å². The summed E-state index contributed by atoms with van der Waals surface area (Å²) in [4.78, 5) is 34.5. The summed E-state index contributed by atoms with van der Waals surface area (Å²) in [5, 5.41) is 0. The number of carbonyl (C=O) groups excluding carboxylic acids is 2. The molecular formula is C34H66NO8P. The molecule has 0 bridgehead atoms. The summed E-state index contributed by atoms with van der Waals surface area (Å²) >= 11 is 0. The van der Waals surface area contributed by atoms with Gasteiger partial charge in [-0.2, -0.15) is 0 Å². The maximum absolute atomic E-state index is 12.4. The molecule has 0 aromatic carbocycles. The van der Waals surface area contributed by atoms with Crippen molar-refractivity contribution < 1.29 is 37.6 Å². The fourth-order valence-corrected chi connectivity index (χ4v) is 5.51. The first-order valence-electron chi connectivity index (χ1n) is 17.7. The van der Waals surface area contributed by atoms with E-state index in [0.29, 0.717) is 6.42 Å². The highest BCUT2D eigenvalue weighted by Crippen LogP contribution is 2.43. The number of esters is 2. The van der Waals surface area contributed by atoms with Crippen molar-refractivity contribution in [2.45, 2.75) is 168 Å². The minimum absolute atomic E-state index is 0.0545. The number of unbranched alkanes of at least 4 members (excludes halogenated alkanes) is 18. The average molecular weight is 648 g/mol. The van der Waals surface area contributed by atoms with Gasteiger partial charge in [-0.15, -0.1) is 0 Å². The van der Waals surface area contributed by atoms with E-state index < -0.39 is 32.5 Å². The number of hydrogen-bond donors (Lipinski definition) is 2. The normalized spacial score (nSPS) is 13.6. The number of phosphoric acid groups is 1. The summed E-state index contributed by atoms with van der Waals surface area (Å²) < 4.78 is 32.5. The lowest BCUT2D eigenvalue weighted by Gasteiger charge is -2.19. The lowest BCUT2D eigenvalue weighted by atomic mass is 10.1. The van der Waals surface area contributed by atoms with Gasteiger partial charge < -0.3 is 20.1 Å². The zero-order valence-corrected chi connectivity index (χ0v) is 29.0. The molecule has 0 saturated heterocycles. The molecule has 10 heteroatoms. The van der Waals surface area contributed by atoms with E-state index >= 15 is 0 Å². The summed E-state index contributed by atoms with van der Waals surface area (Å²) in [7, 11) is -4.36. The number of allylic oxidation sites excluding steroid dienone is 2. The first kappa shape index (κ1) is 42.8. The van der Waals surface area contributed by atoms with Gasteiger partial charge >= 0.3 is 19.8 Å². The molecule has 9 nitrogen and oxygen atoms in total. The predicted octanol–water partition coefficient (Wildman–Crippen LogP) is 9.10. The van der Waals surface area contributed by atoms with Crippen LogP contribution in [0, 0.1) is 0 Å². The molecule has 0 fully saturated rings. The van der Waals surface area contributed by atoms with E-state index in [9.17, 15) is 19.0 Å². The van der Waals surface area contributed by atoms with Crippen molar-refractivity contribution in [3.05, 3.63) is 12.2 Å². The molecule has 0 radical (unpaired) electrons. The minimum atomic E-state index is -4.36. The third-order valence-corrected chi connectivity index (χ3v) is 8.39. The maximum atomic E-state index is 12.4. The highest BCUT2D eigenvalue weighted by atomic mass is 31.2. The van der Waals surface area contributed by atoms with Crippen molar-refractivity contribution in [1.29, 1.82) is 0 Å². The Labute approximate surface area is 269 Å². The van der Waals surface area contributed by atoms with Crippen molar-refractivity contribution in [2.75, 3.05) is 26.4 Å². The topological polar surface area (TPSA) is 134 Å². The first-order chi connectivity index (χ1) is 21.3. The van der Waals surface area contributed by atoms with Crippen molar-refractivity contribution >= 4 is 19.8 Å². The minimum Gasteiger partial charge on any atom is -0.462 e. The fraction of sp³-hybridized carbons (Fsp3) is 0.882.